The topological polar surface area (TPSA) is 47.3 Å². The molecule has 0 aliphatic rings. The molecule has 0 heterocycles. The number of hydrogen-bond acceptors (Lipinski definition) is 3. The summed E-state index contributed by atoms with van der Waals surface area (Å²) >= 11 is 6.00. The largest absolute Gasteiger partial charge is 0.383 e. The fourth-order valence-electron chi connectivity index (χ4n) is 2.01. The van der Waals surface area contributed by atoms with Gasteiger partial charge < -0.3 is 15.8 Å². The molecule has 4 heteroatoms. The fourth-order valence-corrected chi connectivity index (χ4v) is 2.20. The maximum atomic E-state index is 6.00. The lowest BCUT2D eigenvalue weighted by Crippen LogP contribution is -2.35. The van der Waals surface area contributed by atoms with Crippen molar-refractivity contribution in [3.8, 4) is 0 Å². The van der Waals surface area contributed by atoms with E-state index in [1.165, 1.54) is 5.56 Å². The summed E-state index contributed by atoms with van der Waals surface area (Å²) in [6, 6.07) is 8.51. The van der Waals surface area contributed by atoms with Crippen molar-refractivity contribution < 1.29 is 4.74 Å². The van der Waals surface area contributed by atoms with E-state index in [0.717, 1.165) is 17.9 Å². The number of benzene rings is 1. The zero-order valence-electron chi connectivity index (χ0n) is 11.2. The Kier molecular flexibility index (Phi) is 7.28. The van der Waals surface area contributed by atoms with E-state index in [0.29, 0.717) is 19.2 Å². The van der Waals surface area contributed by atoms with Crippen LogP contribution in [0.4, 0.5) is 0 Å². The quantitative estimate of drug-likeness (QED) is 0.764. The lowest BCUT2D eigenvalue weighted by atomic mass is 10.1. The molecular formula is C14H23ClN2O. The van der Waals surface area contributed by atoms with Gasteiger partial charge >= 0.3 is 0 Å². The van der Waals surface area contributed by atoms with Crippen molar-refractivity contribution >= 4 is 11.6 Å². The van der Waals surface area contributed by atoms with Crippen molar-refractivity contribution in [1.29, 1.82) is 0 Å². The van der Waals surface area contributed by atoms with Gasteiger partial charge in [0.15, 0.2) is 0 Å². The second kappa shape index (κ2) is 8.48. The minimum Gasteiger partial charge on any atom is -0.383 e. The van der Waals surface area contributed by atoms with E-state index < -0.39 is 0 Å². The van der Waals surface area contributed by atoms with Crippen LogP contribution in [0, 0.1) is 0 Å². The molecule has 0 saturated heterocycles. The first-order chi connectivity index (χ1) is 8.67. The van der Waals surface area contributed by atoms with Crippen molar-refractivity contribution in [2.24, 2.45) is 5.73 Å². The Morgan fingerprint density at radius 2 is 2.22 bits per heavy atom. The van der Waals surface area contributed by atoms with Gasteiger partial charge in [-0.3, -0.25) is 0 Å². The van der Waals surface area contributed by atoms with Crippen LogP contribution in [0.5, 0.6) is 0 Å². The fraction of sp³-hybridized carbons (Fsp3) is 0.571. The SMILES string of the molecule is COCC(CCCN)NC(C)c1cccc(Cl)c1. The molecule has 3 nitrogen and oxygen atoms in total. The van der Waals surface area contributed by atoms with Crippen molar-refractivity contribution in [2.75, 3.05) is 20.3 Å². The molecule has 1 aromatic rings. The molecule has 2 unspecified atom stereocenters. The van der Waals surface area contributed by atoms with Crippen molar-refractivity contribution in [2.45, 2.75) is 31.8 Å². The number of methoxy groups -OCH3 is 1. The van der Waals surface area contributed by atoms with E-state index in [9.17, 15) is 0 Å². The van der Waals surface area contributed by atoms with E-state index in [1.54, 1.807) is 7.11 Å². The second-order valence-corrected chi connectivity index (χ2v) is 4.96. The Balaban J connectivity index is 2.56. The van der Waals surface area contributed by atoms with Gasteiger partial charge in [0, 0.05) is 24.2 Å². The molecule has 1 aromatic carbocycles. The Bertz CT molecular complexity index is 346. The summed E-state index contributed by atoms with van der Waals surface area (Å²) in [4.78, 5) is 0. The highest BCUT2D eigenvalue weighted by molar-refractivity contribution is 6.30. The van der Waals surface area contributed by atoms with Crippen LogP contribution in [-0.2, 0) is 4.74 Å². The molecule has 0 fully saturated rings. The molecule has 0 amide bonds. The van der Waals surface area contributed by atoms with Gasteiger partial charge in [-0.1, -0.05) is 23.7 Å². The Morgan fingerprint density at radius 3 is 2.83 bits per heavy atom. The molecule has 0 saturated carbocycles. The van der Waals surface area contributed by atoms with Crippen LogP contribution in [0.3, 0.4) is 0 Å². The molecule has 0 spiro atoms. The third-order valence-electron chi connectivity index (χ3n) is 2.96. The third-order valence-corrected chi connectivity index (χ3v) is 3.19. The van der Waals surface area contributed by atoms with Gasteiger partial charge in [-0.05, 0) is 44.0 Å². The average Bonchev–Trinajstić information content (AvgIpc) is 2.36. The average molecular weight is 271 g/mol. The monoisotopic (exact) mass is 270 g/mol. The standard InChI is InChI=1S/C14H23ClN2O/c1-11(12-5-3-6-13(15)9-12)17-14(10-18-2)7-4-8-16/h3,5-6,9,11,14,17H,4,7-8,10,16H2,1-2H3. The van der Waals surface area contributed by atoms with Crippen LogP contribution in [0.2, 0.25) is 5.02 Å². The van der Waals surface area contributed by atoms with Gasteiger partial charge in [-0.25, -0.2) is 0 Å². The molecular weight excluding hydrogens is 248 g/mol. The van der Waals surface area contributed by atoms with Gasteiger partial charge in [-0.15, -0.1) is 0 Å². The van der Waals surface area contributed by atoms with Gasteiger partial charge in [-0.2, -0.15) is 0 Å². The van der Waals surface area contributed by atoms with E-state index >= 15 is 0 Å². The summed E-state index contributed by atoms with van der Waals surface area (Å²) in [5.41, 5.74) is 6.74. The van der Waals surface area contributed by atoms with Crippen LogP contribution in [-0.4, -0.2) is 26.3 Å². The maximum Gasteiger partial charge on any atom is 0.0616 e. The number of hydrogen-bond donors (Lipinski definition) is 2. The smallest absolute Gasteiger partial charge is 0.0616 e. The molecule has 0 aliphatic heterocycles. The van der Waals surface area contributed by atoms with Crippen molar-refractivity contribution in [1.82, 2.24) is 5.32 Å². The molecule has 0 aromatic heterocycles. The summed E-state index contributed by atoms with van der Waals surface area (Å²) < 4.78 is 5.23. The summed E-state index contributed by atoms with van der Waals surface area (Å²) in [6.07, 6.45) is 2.03. The first kappa shape index (κ1) is 15.4. The summed E-state index contributed by atoms with van der Waals surface area (Å²) in [7, 11) is 1.72. The van der Waals surface area contributed by atoms with Gasteiger partial charge in [0.05, 0.1) is 6.61 Å². The highest BCUT2D eigenvalue weighted by atomic mass is 35.5. The predicted molar refractivity (Wildman–Crippen MR) is 77.0 cm³/mol. The zero-order valence-corrected chi connectivity index (χ0v) is 11.9. The molecule has 18 heavy (non-hydrogen) atoms. The summed E-state index contributed by atoms with van der Waals surface area (Å²) in [5, 5.41) is 4.33. The molecule has 2 atom stereocenters. The van der Waals surface area contributed by atoms with E-state index in [1.807, 2.05) is 18.2 Å². The van der Waals surface area contributed by atoms with Crippen LogP contribution in [0.15, 0.2) is 24.3 Å². The Morgan fingerprint density at radius 1 is 1.44 bits per heavy atom. The maximum absolute atomic E-state index is 6.00. The summed E-state index contributed by atoms with van der Waals surface area (Å²) in [6.45, 7) is 3.55. The summed E-state index contributed by atoms with van der Waals surface area (Å²) in [5.74, 6) is 0. The normalized spacial score (nSPS) is 14.4. The lowest BCUT2D eigenvalue weighted by molar-refractivity contribution is 0.156. The van der Waals surface area contributed by atoms with Crippen molar-refractivity contribution in [3.63, 3.8) is 0 Å². The number of nitrogens with two attached hydrogens (primary N) is 1. The molecule has 3 N–H and O–H groups in total. The third kappa shape index (κ3) is 5.36. The first-order valence-corrected chi connectivity index (χ1v) is 6.75. The minimum atomic E-state index is 0.252. The lowest BCUT2D eigenvalue weighted by Gasteiger charge is -2.23. The Hall–Kier alpha value is -0.610. The highest BCUT2D eigenvalue weighted by Crippen LogP contribution is 2.18. The van der Waals surface area contributed by atoms with Crippen molar-refractivity contribution in [3.05, 3.63) is 34.9 Å². The second-order valence-electron chi connectivity index (χ2n) is 4.53. The zero-order chi connectivity index (χ0) is 13.4. The number of rotatable bonds is 8. The number of nitrogens with one attached hydrogen (secondary N) is 1. The molecule has 0 radical (unpaired) electrons. The number of halogens is 1. The van der Waals surface area contributed by atoms with Crippen LogP contribution in [0.25, 0.3) is 0 Å². The number of ether oxygens (including phenoxy) is 1. The van der Waals surface area contributed by atoms with Crippen LogP contribution >= 0.6 is 11.6 Å². The van der Waals surface area contributed by atoms with Crippen LogP contribution in [0.1, 0.15) is 31.4 Å². The minimum absolute atomic E-state index is 0.252. The first-order valence-electron chi connectivity index (χ1n) is 6.38. The van der Waals surface area contributed by atoms with Gasteiger partial charge in [0.1, 0.15) is 0 Å². The molecule has 102 valence electrons. The molecule has 1 rings (SSSR count). The molecule has 0 bridgehead atoms. The van der Waals surface area contributed by atoms with Gasteiger partial charge in [0.25, 0.3) is 0 Å². The predicted octanol–water partition coefficient (Wildman–Crippen LogP) is 2.74. The van der Waals surface area contributed by atoms with E-state index in [-0.39, 0.29) is 6.04 Å². The highest BCUT2D eigenvalue weighted by Gasteiger charge is 2.13. The van der Waals surface area contributed by atoms with Gasteiger partial charge in [0.2, 0.25) is 0 Å². The van der Waals surface area contributed by atoms with Crippen LogP contribution < -0.4 is 11.1 Å². The Labute approximate surface area is 115 Å². The molecule has 0 aliphatic carbocycles. The van der Waals surface area contributed by atoms with E-state index in [2.05, 4.69) is 18.3 Å². The van der Waals surface area contributed by atoms with E-state index in [4.69, 9.17) is 22.1 Å².